The number of anilines is 1. The molecule has 1 saturated heterocycles. The molecule has 2 aromatic rings. The molecule has 1 aliphatic carbocycles. The molecule has 7 heteroatoms. The van der Waals surface area contributed by atoms with E-state index in [2.05, 4.69) is 31.7 Å². The molecule has 0 radical (unpaired) electrons. The lowest BCUT2D eigenvalue weighted by atomic mass is 10.0. The Morgan fingerprint density at radius 3 is 2.81 bits per heavy atom. The number of likely N-dealkylation sites (tertiary alicyclic amines) is 1. The number of pyridine rings is 1. The predicted molar refractivity (Wildman–Crippen MR) is 105 cm³/mol. The molecule has 144 valence electrons. The van der Waals surface area contributed by atoms with Gasteiger partial charge in [-0.1, -0.05) is 12.5 Å². The van der Waals surface area contributed by atoms with Gasteiger partial charge in [0.1, 0.15) is 5.82 Å². The second kappa shape index (κ2) is 8.08. The number of rotatable bonds is 6. The van der Waals surface area contributed by atoms with Gasteiger partial charge in [0.05, 0.1) is 11.7 Å². The van der Waals surface area contributed by atoms with Crippen molar-refractivity contribution in [2.45, 2.75) is 44.1 Å². The number of urea groups is 1. The van der Waals surface area contributed by atoms with Gasteiger partial charge in [-0.2, -0.15) is 5.10 Å². The summed E-state index contributed by atoms with van der Waals surface area (Å²) in [6, 6.07) is 6.00. The fourth-order valence-corrected chi connectivity index (χ4v) is 3.80. The highest BCUT2D eigenvalue weighted by molar-refractivity contribution is 5.88. The molecule has 27 heavy (non-hydrogen) atoms. The topological polar surface area (TPSA) is 75.1 Å². The van der Waals surface area contributed by atoms with Crippen molar-refractivity contribution in [3.8, 4) is 0 Å². The van der Waals surface area contributed by atoms with Crippen molar-refractivity contribution in [2.24, 2.45) is 7.05 Å². The maximum Gasteiger partial charge on any atom is 0.320 e. The number of aromatic nitrogens is 3. The van der Waals surface area contributed by atoms with Crippen LogP contribution in [-0.2, 0) is 7.05 Å². The highest BCUT2D eigenvalue weighted by Crippen LogP contribution is 2.39. The summed E-state index contributed by atoms with van der Waals surface area (Å²) in [5.41, 5.74) is 2.23. The normalized spacial score (nSPS) is 18.9. The molecule has 0 bridgehead atoms. The average molecular weight is 368 g/mol. The van der Waals surface area contributed by atoms with E-state index in [1.165, 1.54) is 32.1 Å². The first-order valence-electron chi connectivity index (χ1n) is 9.93. The molecule has 2 fully saturated rings. The zero-order valence-electron chi connectivity index (χ0n) is 15.9. The van der Waals surface area contributed by atoms with Gasteiger partial charge in [0, 0.05) is 38.0 Å². The van der Waals surface area contributed by atoms with E-state index in [0.29, 0.717) is 12.5 Å². The maximum absolute atomic E-state index is 12.5. The smallest absolute Gasteiger partial charge is 0.320 e. The van der Waals surface area contributed by atoms with Crippen molar-refractivity contribution >= 4 is 11.8 Å². The minimum atomic E-state index is -0.189. The van der Waals surface area contributed by atoms with E-state index in [-0.39, 0.29) is 12.1 Å². The van der Waals surface area contributed by atoms with Gasteiger partial charge in [0.15, 0.2) is 0 Å². The number of nitrogens with one attached hydrogen (secondary N) is 2. The summed E-state index contributed by atoms with van der Waals surface area (Å²) in [6.07, 6.45) is 9.80. The van der Waals surface area contributed by atoms with Gasteiger partial charge < -0.3 is 5.32 Å². The summed E-state index contributed by atoms with van der Waals surface area (Å²) in [4.78, 5) is 19.2. The Morgan fingerprint density at radius 1 is 1.30 bits per heavy atom. The van der Waals surface area contributed by atoms with Crippen LogP contribution in [0.2, 0.25) is 0 Å². The Labute approximate surface area is 160 Å². The molecular weight excluding hydrogens is 340 g/mol. The highest BCUT2D eigenvalue weighted by Gasteiger charge is 2.27. The van der Waals surface area contributed by atoms with Crippen LogP contribution in [0.3, 0.4) is 0 Å². The molecule has 0 aromatic carbocycles. The van der Waals surface area contributed by atoms with Gasteiger partial charge in [-0.05, 0) is 50.4 Å². The van der Waals surface area contributed by atoms with Crippen molar-refractivity contribution in [3.63, 3.8) is 0 Å². The zero-order chi connectivity index (χ0) is 18.6. The number of carbonyl (C=O) groups is 1. The fourth-order valence-electron chi connectivity index (χ4n) is 3.80. The molecule has 2 N–H and O–H groups in total. The minimum Gasteiger partial charge on any atom is -0.336 e. The second-order valence-electron chi connectivity index (χ2n) is 7.59. The molecule has 2 amide bonds. The van der Waals surface area contributed by atoms with Gasteiger partial charge in [-0.25, -0.2) is 4.79 Å². The third kappa shape index (κ3) is 4.47. The SMILES string of the molecule is Cn1nc(C2CC2)cc1NC(=O)NCC(c1cccnc1)N1CCCCC1. The Balaban J connectivity index is 1.38. The van der Waals surface area contributed by atoms with E-state index in [1.54, 1.807) is 10.9 Å². The lowest BCUT2D eigenvalue weighted by Crippen LogP contribution is -2.41. The number of hydrogen-bond acceptors (Lipinski definition) is 4. The third-order valence-electron chi connectivity index (χ3n) is 5.49. The number of carbonyl (C=O) groups excluding carboxylic acids is 1. The standard InChI is InChI=1S/C20H28N6O/c1-25-19(12-17(24-25)15-7-8-15)23-20(27)22-14-18(16-6-5-9-21-13-16)26-10-3-2-4-11-26/h5-6,9,12-13,15,18H,2-4,7-8,10-11,14H2,1H3,(H2,22,23,27). The lowest BCUT2D eigenvalue weighted by Gasteiger charge is -2.34. The van der Waals surface area contributed by atoms with Crippen LogP contribution in [0.4, 0.5) is 10.6 Å². The van der Waals surface area contributed by atoms with E-state index in [9.17, 15) is 4.79 Å². The highest BCUT2D eigenvalue weighted by atomic mass is 16.2. The monoisotopic (exact) mass is 368 g/mol. The van der Waals surface area contributed by atoms with Crippen LogP contribution in [-0.4, -0.2) is 45.3 Å². The fraction of sp³-hybridized carbons (Fsp3) is 0.550. The van der Waals surface area contributed by atoms with E-state index in [1.807, 2.05) is 25.4 Å². The first-order valence-corrected chi connectivity index (χ1v) is 9.93. The Morgan fingerprint density at radius 2 is 2.11 bits per heavy atom. The number of nitrogens with zero attached hydrogens (tertiary/aromatic N) is 4. The summed E-state index contributed by atoms with van der Waals surface area (Å²) in [5.74, 6) is 1.31. The van der Waals surface area contributed by atoms with Crippen LogP contribution in [0.1, 0.15) is 55.3 Å². The third-order valence-corrected chi connectivity index (χ3v) is 5.49. The molecule has 3 heterocycles. The molecule has 1 saturated carbocycles. The second-order valence-corrected chi connectivity index (χ2v) is 7.59. The molecule has 7 nitrogen and oxygen atoms in total. The molecule has 1 unspecified atom stereocenters. The lowest BCUT2D eigenvalue weighted by molar-refractivity contribution is 0.161. The van der Waals surface area contributed by atoms with Crippen molar-refractivity contribution in [1.82, 2.24) is 25.0 Å². The van der Waals surface area contributed by atoms with Gasteiger partial charge in [-0.15, -0.1) is 0 Å². The zero-order valence-corrected chi connectivity index (χ0v) is 15.9. The number of amides is 2. The molecule has 2 aliphatic rings. The van der Waals surface area contributed by atoms with Crippen LogP contribution in [0.15, 0.2) is 30.6 Å². The van der Waals surface area contributed by atoms with Crippen LogP contribution >= 0.6 is 0 Å². The van der Waals surface area contributed by atoms with Gasteiger partial charge in [0.2, 0.25) is 0 Å². The minimum absolute atomic E-state index is 0.151. The van der Waals surface area contributed by atoms with Crippen molar-refractivity contribution in [1.29, 1.82) is 0 Å². The Hall–Kier alpha value is -2.41. The van der Waals surface area contributed by atoms with Crippen LogP contribution < -0.4 is 10.6 Å². The summed E-state index contributed by atoms with van der Waals surface area (Å²) in [7, 11) is 1.87. The number of hydrogen-bond donors (Lipinski definition) is 2. The molecule has 2 aromatic heterocycles. The summed E-state index contributed by atoms with van der Waals surface area (Å²) >= 11 is 0. The molecular formula is C20H28N6O. The van der Waals surface area contributed by atoms with E-state index < -0.39 is 0 Å². The first-order chi connectivity index (χ1) is 13.2. The summed E-state index contributed by atoms with van der Waals surface area (Å²) in [6.45, 7) is 2.69. The average Bonchev–Trinajstić information content (AvgIpc) is 3.48. The van der Waals surface area contributed by atoms with Crippen LogP contribution in [0.25, 0.3) is 0 Å². The van der Waals surface area contributed by atoms with Gasteiger partial charge in [-0.3, -0.25) is 19.9 Å². The van der Waals surface area contributed by atoms with Crippen LogP contribution in [0, 0.1) is 0 Å². The van der Waals surface area contributed by atoms with E-state index in [0.717, 1.165) is 30.2 Å². The first kappa shape index (κ1) is 18.0. The van der Waals surface area contributed by atoms with Crippen molar-refractivity contribution in [2.75, 3.05) is 25.0 Å². The van der Waals surface area contributed by atoms with Gasteiger partial charge in [0.25, 0.3) is 0 Å². The van der Waals surface area contributed by atoms with Crippen molar-refractivity contribution < 1.29 is 4.79 Å². The predicted octanol–water partition coefficient (Wildman–Crippen LogP) is 3.04. The van der Waals surface area contributed by atoms with E-state index >= 15 is 0 Å². The number of piperidine rings is 1. The van der Waals surface area contributed by atoms with Gasteiger partial charge >= 0.3 is 6.03 Å². The Bertz CT molecular complexity index is 764. The molecule has 0 spiro atoms. The summed E-state index contributed by atoms with van der Waals surface area (Å²) < 4.78 is 1.75. The maximum atomic E-state index is 12.5. The molecule has 4 rings (SSSR count). The quantitative estimate of drug-likeness (QED) is 0.822. The largest absolute Gasteiger partial charge is 0.336 e. The molecule has 1 aliphatic heterocycles. The summed E-state index contributed by atoms with van der Waals surface area (Å²) in [5, 5.41) is 10.5. The molecule has 1 atom stereocenters. The number of aryl methyl sites for hydroxylation is 1. The van der Waals surface area contributed by atoms with E-state index in [4.69, 9.17) is 0 Å². The Kier molecular flexibility index (Phi) is 5.38. The van der Waals surface area contributed by atoms with Crippen LogP contribution in [0.5, 0.6) is 0 Å². The van der Waals surface area contributed by atoms with Crippen molar-refractivity contribution in [3.05, 3.63) is 41.9 Å².